The second-order valence-electron chi connectivity index (χ2n) is 26.8. The van der Waals surface area contributed by atoms with E-state index in [1.807, 2.05) is 32.9 Å². The van der Waals surface area contributed by atoms with E-state index in [1.165, 1.54) is 67.1 Å². The van der Waals surface area contributed by atoms with Gasteiger partial charge in [-0.05, 0) is 106 Å². The van der Waals surface area contributed by atoms with E-state index in [1.54, 1.807) is 67.9 Å². The molecule has 0 radical (unpaired) electrons. The molecule has 2 aromatic carbocycles. The first-order chi connectivity index (χ1) is 50.6. The average molecular weight is 1620 g/mol. The van der Waals surface area contributed by atoms with Gasteiger partial charge in [0.15, 0.2) is 22.3 Å². The van der Waals surface area contributed by atoms with Crippen molar-refractivity contribution in [1.29, 1.82) is 0 Å². The second kappa shape index (κ2) is 40.5. The van der Waals surface area contributed by atoms with Gasteiger partial charge >= 0.3 is 62.1 Å². The molecule has 0 fully saturated rings. The number of ether oxygens (including phenoxy) is 2. The predicted molar refractivity (Wildman–Crippen MR) is 426 cm³/mol. The van der Waals surface area contributed by atoms with Crippen LogP contribution in [0.5, 0.6) is 11.5 Å². The van der Waals surface area contributed by atoms with Crippen molar-refractivity contribution in [2.24, 2.45) is 22.9 Å². The van der Waals surface area contributed by atoms with Gasteiger partial charge in [0.2, 0.25) is 23.7 Å². The Labute approximate surface area is 665 Å². The summed E-state index contributed by atoms with van der Waals surface area (Å²) >= 11 is 5.23. The van der Waals surface area contributed by atoms with Gasteiger partial charge in [0.05, 0.1) is 45.0 Å². The minimum atomic E-state index is -2.95. The Morgan fingerprint density at radius 1 is 0.583 bits per heavy atom. The number of nitrogen functional groups attached to an aromatic ring is 1. The van der Waals surface area contributed by atoms with Crippen LogP contribution < -0.4 is 59.4 Å². The van der Waals surface area contributed by atoms with Crippen molar-refractivity contribution in [3.05, 3.63) is 127 Å². The van der Waals surface area contributed by atoms with Gasteiger partial charge in [-0.15, -0.1) is 22.7 Å². The van der Waals surface area contributed by atoms with Crippen molar-refractivity contribution in [3.63, 3.8) is 0 Å². The van der Waals surface area contributed by atoms with Gasteiger partial charge in [0, 0.05) is 82.5 Å². The number of allylic oxidation sites excluding steroid dienone is 2. The molecule has 8 aromatic rings. The van der Waals surface area contributed by atoms with E-state index < -0.39 is 69.6 Å². The molecule has 0 saturated heterocycles. The van der Waals surface area contributed by atoms with Crippen LogP contribution in [-0.4, -0.2) is 196 Å². The molecule has 0 aliphatic carbocycles. The maximum absolute atomic E-state index is 13.2. The van der Waals surface area contributed by atoms with Crippen LogP contribution in [0.15, 0.2) is 72.8 Å². The molecule has 14 N–H and O–H groups in total. The van der Waals surface area contributed by atoms with Crippen LogP contribution in [-0.2, 0) is 53.6 Å². The van der Waals surface area contributed by atoms with Crippen molar-refractivity contribution >= 4 is 192 Å². The maximum atomic E-state index is 13.2. The number of anilines is 5. The van der Waals surface area contributed by atoms with Gasteiger partial charge in [0.25, 0.3) is 29.3 Å². The van der Waals surface area contributed by atoms with Gasteiger partial charge in [0.1, 0.15) is 49.3 Å². The normalized spacial score (nSPS) is 11.7. The number of thiophene rings is 2. The molecular formula is C66H92N18Na2O16S4Si2. The number of hydrogen-bond acceptors (Lipinski definition) is 25. The quantitative estimate of drug-likeness (QED) is 0.00465. The number of aryl methyl sites for hydroxylation is 4. The second-order valence-corrected chi connectivity index (χ2v) is 41.0. The summed E-state index contributed by atoms with van der Waals surface area (Å²) in [7, 11) is -9.75. The molecular weight excluding hydrogens is 1530 g/mol. The number of rotatable bonds is 33. The Bertz CT molecular complexity index is 4890. The number of nitrogens with one attached hydrogen (secondary N) is 4. The number of carbonyl (C=O) groups is 6. The number of aromatic nitrogens is 8. The number of nitrogens with two attached hydrogens (primary N) is 5. The molecule has 0 saturated carbocycles. The molecule has 0 bridgehead atoms. The molecule has 0 aliphatic rings. The van der Waals surface area contributed by atoms with Crippen LogP contribution in [0.3, 0.4) is 0 Å². The number of carbonyl (C=O) groups excluding carboxylic acids is 6. The minimum absolute atomic E-state index is 0.0446. The van der Waals surface area contributed by atoms with Crippen molar-refractivity contribution < 1.29 is 68.9 Å². The predicted octanol–water partition coefficient (Wildman–Crippen LogP) is 8.45. The fourth-order valence-corrected chi connectivity index (χ4v) is 13.6. The van der Waals surface area contributed by atoms with E-state index in [0.29, 0.717) is 129 Å². The number of amides is 6. The molecule has 0 spiro atoms. The Morgan fingerprint density at radius 2 is 0.963 bits per heavy atom. The Kier molecular flexibility index (Phi) is 34.0. The summed E-state index contributed by atoms with van der Waals surface area (Å²) in [5.74, 6) is -2.24. The topological polar surface area (TPSA) is 500 Å². The van der Waals surface area contributed by atoms with Crippen molar-refractivity contribution in [2.45, 2.75) is 145 Å². The fraction of sp³-hybridized carbons (Fsp3) is 0.424. The molecule has 576 valence electrons. The van der Waals surface area contributed by atoms with Gasteiger partial charge in [-0.25, -0.2) is 9.97 Å². The number of fused-ring (bicyclic) bond motifs is 2. The molecule has 108 heavy (non-hydrogen) atoms. The Morgan fingerprint density at radius 3 is 1.31 bits per heavy atom. The molecule has 6 heterocycles. The summed E-state index contributed by atoms with van der Waals surface area (Å²) in [5, 5.41) is 33.0. The summed E-state index contributed by atoms with van der Waals surface area (Å²) in [6, 6.07) is 12.2. The van der Waals surface area contributed by atoms with Crippen LogP contribution >= 0.6 is 22.7 Å². The van der Waals surface area contributed by atoms with E-state index in [-0.39, 0.29) is 69.9 Å². The SMILES string of the molecule is CCn1nc(C)cc1C(=O)Nc1nc2cc(C(N)=O)sc2n1C/C=C/CNc1c(N)cc(C(N)=O)cc1OCCCO[Si](C)(C)C(C)(C)C.CCn1nc(C)cc1C(=O)Nc1nc2cc(C(N)=O)sc2n1C/C=C/CNc1c(OCCCO[Si](C)(C)C(C)(C)C)cc(C(N)=O)cc1[N+](=O)[O-].O=S(=O)=S(=O)=O.[Na][Na]. The number of nitrogens with zero attached hydrogens (tertiary/aromatic N) is 9. The first-order valence-corrected chi connectivity index (χ1v) is 52.4. The van der Waals surface area contributed by atoms with E-state index in [2.05, 4.69) is 109 Å². The van der Waals surface area contributed by atoms with Gasteiger partial charge in [-0.3, -0.25) is 68.0 Å². The van der Waals surface area contributed by atoms with Crippen molar-refractivity contribution in [3.8, 4) is 11.5 Å². The number of benzene rings is 2. The molecule has 6 amide bonds. The van der Waals surface area contributed by atoms with E-state index in [0.717, 1.165) is 23.1 Å². The average Bonchev–Trinajstić information content (AvgIpc) is 1.61. The first-order valence-electron chi connectivity index (χ1n) is 34.3. The summed E-state index contributed by atoms with van der Waals surface area (Å²) in [4.78, 5) is 96.7. The Hall–Kier alpha value is -8.11. The van der Waals surface area contributed by atoms with Crippen LogP contribution in [0.1, 0.15) is 141 Å². The zero-order valence-corrected chi connectivity index (χ0v) is 72.8. The number of hydrogen-bond donors (Lipinski definition) is 9. The summed E-state index contributed by atoms with van der Waals surface area (Å²) < 4.78 is 67.6. The molecule has 34 nitrogen and oxygen atoms in total. The third kappa shape index (κ3) is 25.0. The summed E-state index contributed by atoms with van der Waals surface area (Å²) in [5.41, 5.74) is 32.4. The number of imidazole rings is 2. The van der Waals surface area contributed by atoms with Gasteiger partial charge in [-0.1, -0.05) is 65.8 Å². The summed E-state index contributed by atoms with van der Waals surface area (Å²) in [6.07, 6.45) is 8.47. The Balaban J connectivity index is 0.000000352. The van der Waals surface area contributed by atoms with Gasteiger partial charge < -0.3 is 57.6 Å². The van der Waals surface area contributed by atoms with E-state index in [4.69, 9.17) is 63.8 Å². The van der Waals surface area contributed by atoms with Crippen LogP contribution in [0.2, 0.25) is 36.3 Å². The van der Waals surface area contributed by atoms with Crippen molar-refractivity contribution in [2.75, 3.05) is 66.5 Å². The monoisotopic (exact) mass is 1620 g/mol. The molecule has 0 atom stereocenters. The standard InChI is InChI=1S/C33H45N9O7SSi.C33H47N9O5SSi.2Na.O4S2/c1-8-41-24(16-20(2)39-41)30(45)38-32-37-22-19-26(29(35)44)50-31(22)40(32)13-10-9-12-36-27-23(42(46)47)17-21(28(34)43)18-25(27)48-14-11-15-49-51(6,7)33(3,4)5;1-8-42-24(16-20(2)40-42)30(45)39-32-38-23-19-26(29(36)44)48-31(23)41(32)13-10-9-12-37-27-22(34)17-21(28(35)43)18-25(27)46-14-11-15-47-49(6,7)33(3,4)5;;;1-5(2)6(3)4/h9-10,16-19,36H,8,11-15H2,1-7H3,(H2,34,43)(H2,35,44)(H,37,38,45);9-10,16-19,37H,8,11-15,34H2,1-7H3,(H2,35,43)(H2,36,44)(H,38,39,45);;;/b2*10-9+;;;. The number of nitro groups is 1. The molecule has 42 heteroatoms. The van der Waals surface area contributed by atoms with Gasteiger partial charge in [-0.2, -0.15) is 27.0 Å². The first kappa shape index (κ1) is 90.5. The molecule has 0 aliphatic heterocycles. The zero-order chi connectivity index (χ0) is 80.9. The molecule has 0 unspecified atom stereocenters. The fourth-order valence-electron chi connectivity index (χ4n) is 9.55. The van der Waals surface area contributed by atoms with Crippen LogP contribution in [0.4, 0.5) is 34.6 Å². The zero-order valence-electron chi connectivity index (χ0n) is 63.5. The molecule has 6 aromatic heterocycles. The molecule has 8 rings (SSSR count). The van der Waals surface area contributed by atoms with Crippen LogP contribution in [0, 0.1) is 24.0 Å². The third-order valence-corrected chi connectivity index (χ3v) is 29.4. The summed E-state index contributed by atoms with van der Waals surface area (Å²) in [6.45, 7) is 32.8. The van der Waals surface area contributed by atoms with Crippen molar-refractivity contribution in [1.82, 2.24) is 38.7 Å². The van der Waals surface area contributed by atoms with E-state index in [9.17, 15) is 38.9 Å². The van der Waals surface area contributed by atoms with E-state index >= 15 is 0 Å². The number of primary amides is 4. The van der Waals surface area contributed by atoms with Crippen LogP contribution in [0.25, 0.3) is 20.7 Å². The third-order valence-electron chi connectivity index (χ3n) is 17.1. The number of nitro benzene ring substituents is 1.